The number of nitrogens with zero attached hydrogens (tertiary/aromatic N) is 1. The Morgan fingerprint density at radius 2 is 1.38 bits per heavy atom. The number of hydrogen-bond donors (Lipinski definition) is 0. The van der Waals surface area contributed by atoms with Gasteiger partial charge < -0.3 is 4.74 Å². The van der Waals surface area contributed by atoms with Gasteiger partial charge in [0.2, 0.25) is 29.0 Å². The average molecular weight is 492 g/mol. The minimum atomic E-state index is -2.12. The fourth-order valence-electron chi connectivity index (χ4n) is 5.36. The van der Waals surface area contributed by atoms with Gasteiger partial charge in [-0.1, -0.05) is 77.8 Å². The Balaban J connectivity index is 1.56. The van der Waals surface area contributed by atoms with Gasteiger partial charge in [-0.25, -0.2) is 4.90 Å². The highest BCUT2D eigenvalue weighted by Crippen LogP contribution is 2.58. The van der Waals surface area contributed by atoms with Crippen molar-refractivity contribution in [2.45, 2.75) is 11.7 Å². The van der Waals surface area contributed by atoms with Crippen LogP contribution >= 0.6 is 23.2 Å². The zero-order valence-corrected chi connectivity index (χ0v) is 18.9. The Labute approximate surface area is 204 Å². The average Bonchev–Trinajstić information content (AvgIpc) is 3.40. The monoisotopic (exact) mass is 491 g/mol. The second kappa shape index (κ2) is 7.34. The lowest BCUT2D eigenvalue weighted by atomic mass is 9.77. The van der Waals surface area contributed by atoms with Crippen LogP contribution in [-0.4, -0.2) is 29.0 Å². The Kier molecular flexibility index (Phi) is 4.58. The van der Waals surface area contributed by atoms with Crippen LogP contribution in [0.5, 0.6) is 0 Å². The van der Waals surface area contributed by atoms with Gasteiger partial charge in [0.1, 0.15) is 0 Å². The van der Waals surface area contributed by atoms with E-state index in [-0.39, 0.29) is 21.8 Å². The Bertz CT molecular complexity index is 1380. The first-order chi connectivity index (χ1) is 16.4. The number of ether oxygens (including phenoxy) is 1. The van der Waals surface area contributed by atoms with Crippen molar-refractivity contribution in [2.24, 2.45) is 11.8 Å². The third-order valence-corrected chi connectivity index (χ3v) is 7.34. The molecule has 2 heterocycles. The summed E-state index contributed by atoms with van der Waals surface area (Å²) in [5.41, 5.74) is -1.01. The summed E-state index contributed by atoms with van der Waals surface area (Å²) in [7, 11) is 0. The molecule has 6 rings (SSSR count). The summed E-state index contributed by atoms with van der Waals surface area (Å²) >= 11 is 12.3. The summed E-state index contributed by atoms with van der Waals surface area (Å²) in [5.74, 6) is -4.90. The molecule has 168 valence electrons. The fraction of sp³-hybridized carbons (Fsp3) is 0.154. The molecule has 1 spiro atoms. The SMILES string of the molecule is O=C1C2C(c3ccccc3)OC3(C(=O)c4ccccc4C3=O)C2C(=O)N1c1ccc(Cl)cc1Cl. The number of benzene rings is 3. The molecule has 2 saturated heterocycles. The molecule has 2 fully saturated rings. The van der Waals surface area contributed by atoms with E-state index in [0.717, 1.165) is 4.90 Å². The Hall–Kier alpha value is -3.32. The van der Waals surface area contributed by atoms with Crippen LogP contribution in [0.25, 0.3) is 0 Å². The van der Waals surface area contributed by atoms with Crippen molar-refractivity contribution in [2.75, 3.05) is 4.90 Å². The van der Waals surface area contributed by atoms with Crippen LogP contribution in [0.3, 0.4) is 0 Å². The second-order valence-corrected chi connectivity index (χ2v) is 9.34. The third kappa shape index (κ3) is 2.61. The lowest BCUT2D eigenvalue weighted by molar-refractivity contribution is -0.127. The van der Waals surface area contributed by atoms with Gasteiger partial charge in [-0.2, -0.15) is 0 Å². The first-order valence-corrected chi connectivity index (χ1v) is 11.4. The van der Waals surface area contributed by atoms with Crippen molar-refractivity contribution in [1.82, 2.24) is 0 Å². The van der Waals surface area contributed by atoms with Crippen LogP contribution < -0.4 is 4.90 Å². The van der Waals surface area contributed by atoms with Gasteiger partial charge in [-0.15, -0.1) is 0 Å². The maximum absolute atomic E-state index is 13.8. The van der Waals surface area contributed by atoms with Crippen LogP contribution in [0.15, 0.2) is 72.8 Å². The maximum Gasteiger partial charge on any atom is 0.241 e. The number of ketones is 2. The van der Waals surface area contributed by atoms with Gasteiger partial charge in [0, 0.05) is 16.1 Å². The normalized spacial score (nSPS) is 24.8. The summed E-state index contributed by atoms with van der Waals surface area (Å²) in [6, 6.07) is 19.6. The predicted octanol–water partition coefficient (Wildman–Crippen LogP) is 4.69. The van der Waals surface area contributed by atoms with E-state index in [0.29, 0.717) is 10.6 Å². The van der Waals surface area contributed by atoms with E-state index in [1.807, 2.05) is 0 Å². The molecule has 0 bridgehead atoms. The number of halogens is 2. The van der Waals surface area contributed by atoms with Crippen LogP contribution in [0.2, 0.25) is 10.0 Å². The summed E-state index contributed by atoms with van der Waals surface area (Å²) < 4.78 is 6.22. The van der Waals surface area contributed by atoms with Crippen molar-refractivity contribution in [3.63, 3.8) is 0 Å². The van der Waals surface area contributed by atoms with Gasteiger partial charge in [0.25, 0.3) is 0 Å². The smallest absolute Gasteiger partial charge is 0.241 e. The predicted molar refractivity (Wildman–Crippen MR) is 124 cm³/mol. The van der Waals surface area contributed by atoms with Crippen LogP contribution in [0.4, 0.5) is 5.69 Å². The summed E-state index contributed by atoms with van der Waals surface area (Å²) in [4.78, 5) is 55.9. The van der Waals surface area contributed by atoms with Crippen LogP contribution in [0.1, 0.15) is 32.4 Å². The molecule has 3 aromatic rings. The molecule has 3 unspecified atom stereocenters. The number of amides is 2. The van der Waals surface area contributed by atoms with E-state index in [9.17, 15) is 19.2 Å². The number of fused-ring (bicyclic) bond motifs is 3. The highest BCUT2D eigenvalue weighted by atomic mass is 35.5. The molecule has 1 aliphatic carbocycles. The molecule has 2 aliphatic heterocycles. The number of carbonyl (C=O) groups excluding carboxylic acids is 4. The zero-order chi connectivity index (χ0) is 23.8. The van der Waals surface area contributed by atoms with Crippen molar-refractivity contribution in [3.05, 3.63) is 99.5 Å². The molecule has 0 aromatic heterocycles. The largest absolute Gasteiger partial charge is 0.349 e. The quantitative estimate of drug-likeness (QED) is 0.383. The Morgan fingerprint density at radius 3 is 2.00 bits per heavy atom. The first kappa shape index (κ1) is 21.2. The molecule has 0 radical (unpaired) electrons. The van der Waals surface area contributed by atoms with E-state index >= 15 is 0 Å². The molecule has 8 heteroatoms. The number of carbonyl (C=O) groups is 4. The number of imide groups is 1. The molecular formula is C26H15Cl2NO5. The van der Waals surface area contributed by atoms with E-state index in [4.69, 9.17) is 27.9 Å². The topological polar surface area (TPSA) is 80.8 Å². The van der Waals surface area contributed by atoms with Crippen molar-refractivity contribution in [3.8, 4) is 0 Å². The van der Waals surface area contributed by atoms with Crippen LogP contribution in [0, 0.1) is 11.8 Å². The molecule has 34 heavy (non-hydrogen) atoms. The van der Waals surface area contributed by atoms with Crippen molar-refractivity contribution < 1.29 is 23.9 Å². The van der Waals surface area contributed by atoms with Gasteiger partial charge in [-0.3, -0.25) is 19.2 Å². The number of rotatable bonds is 2. The van der Waals surface area contributed by atoms with Gasteiger partial charge in [-0.05, 0) is 23.8 Å². The van der Waals surface area contributed by atoms with Gasteiger partial charge >= 0.3 is 0 Å². The van der Waals surface area contributed by atoms with E-state index < -0.39 is 46.9 Å². The minimum Gasteiger partial charge on any atom is -0.349 e. The van der Waals surface area contributed by atoms with E-state index in [1.54, 1.807) is 42.5 Å². The third-order valence-electron chi connectivity index (χ3n) is 6.80. The highest BCUT2D eigenvalue weighted by Gasteiger charge is 2.74. The molecule has 2 amide bonds. The molecule has 3 atom stereocenters. The van der Waals surface area contributed by atoms with E-state index in [1.165, 1.54) is 30.3 Å². The molecule has 0 N–H and O–H groups in total. The highest BCUT2D eigenvalue weighted by molar-refractivity contribution is 6.40. The molecule has 0 saturated carbocycles. The van der Waals surface area contributed by atoms with Crippen molar-refractivity contribution in [1.29, 1.82) is 0 Å². The lowest BCUT2D eigenvalue weighted by Crippen LogP contribution is -2.51. The fourth-order valence-corrected chi connectivity index (χ4v) is 5.85. The number of hydrogen-bond acceptors (Lipinski definition) is 5. The van der Waals surface area contributed by atoms with E-state index in [2.05, 4.69) is 0 Å². The Morgan fingerprint density at radius 1 is 0.765 bits per heavy atom. The maximum atomic E-state index is 13.8. The molecule has 3 aromatic carbocycles. The molecule has 6 nitrogen and oxygen atoms in total. The first-order valence-electron chi connectivity index (χ1n) is 10.6. The molecular weight excluding hydrogens is 477 g/mol. The summed E-state index contributed by atoms with van der Waals surface area (Å²) in [5, 5.41) is 0.444. The minimum absolute atomic E-state index is 0.104. The number of Topliss-reactive ketones (excluding diaryl/α,β-unsaturated/α-hetero) is 2. The number of anilines is 1. The standard InChI is InChI=1S/C26H15Cl2NO5/c27-14-10-11-18(17(28)12-14)29-24(32)19-20(25(29)33)26(34-21(19)13-6-2-1-3-7-13)22(30)15-8-4-5-9-16(15)23(26)31/h1-12,19-21H. The van der Waals surface area contributed by atoms with Gasteiger partial charge in [0.05, 0.1) is 28.6 Å². The van der Waals surface area contributed by atoms with Gasteiger partial charge in [0.15, 0.2) is 0 Å². The van der Waals surface area contributed by atoms with Crippen molar-refractivity contribution >= 4 is 52.3 Å². The van der Waals surface area contributed by atoms with Crippen LogP contribution in [-0.2, 0) is 14.3 Å². The lowest BCUT2D eigenvalue weighted by Gasteiger charge is -2.27. The zero-order valence-electron chi connectivity index (χ0n) is 17.4. The summed E-state index contributed by atoms with van der Waals surface area (Å²) in [6.45, 7) is 0. The molecule has 3 aliphatic rings. The second-order valence-electron chi connectivity index (χ2n) is 8.50. The summed E-state index contributed by atoms with van der Waals surface area (Å²) in [6.07, 6.45) is -0.971.